The summed E-state index contributed by atoms with van der Waals surface area (Å²) in [6, 6.07) is 8.30. The Morgan fingerprint density at radius 2 is 1.76 bits per heavy atom. The number of carboxylic acids is 1. The van der Waals surface area contributed by atoms with Gasteiger partial charge in [0.2, 0.25) is 5.91 Å². The lowest BCUT2D eigenvalue weighted by atomic mass is 9.86. The van der Waals surface area contributed by atoms with E-state index in [1.807, 2.05) is 24.3 Å². The highest BCUT2D eigenvalue weighted by Crippen LogP contribution is 2.25. The third-order valence-corrected chi connectivity index (χ3v) is 5.75. The molecule has 204 valence electrons. The van der Waals surface area contributed by atoms with Crippen molar-refractivity contribution in [1.29, 1.82) is 0 Å². The van der Waals surface area contributed by atoms with E-state index in [1.165, 1.54) is 18.3 Å². The molecular weight excluding hydrogens is 503 g/mol. The number of alkyl halides is 3. The van der Waals surface area contributed by atoms with Crippen molar-refractivity contribution in [3.63, 3.8) is 0 Å². The molecule has 1 amide bonds. The summed E-state index contributed by atoms with van der Waals surface area (Å²) in [6.45, 7) is 6.43. The zero-order valence-corrected chi connectivity index (χ0v) is 21.5. The van der Waals surface area contributed by atoms with Gasteiger partial charge in [-0.2, -0.15) is 13.2 Å². The first kappa shape index (κ1) is 28.6. The van der Waals surface area contributed by atoms with Gasteiger partial charge in [-0.3, -0.25) is 9.78 Å². The standard InChI is InChI=1S/C26H30F3N5O4/c1-5-21(24(36)37)34-14-20(32-33-34)23(19-11-10-18(13-30-19)38-15-26(27,28)29)31-22(35)12-16-6-8-17(9-7-16)25(2,3)4/h6-11,13-14,21,23H,5,12,15H2,1-4H3,(H,31,35)(H,36,37)/p-1/t21?,23-/m1/s1. The smallest absolute Gasteiger partial charge is 0.422 e. The average molecular weight is 533 g/mol. The van der Waals surface area contributed by atoms with Gasteiger partial charge >= 0.3 is 6.18 Å². The highest BCUT2D eigenvalue weighted by molar-refractivity contribution is 5.79. The van der Waals surface area contributed by atoms with Crippen LogP contribution < -0.4 is 15.2 Å². The average Bonchev–Trinajstić information content (AvgIpc) is 3.30. The minimum atomic E-state index is -4.51. The number of rotatable bonds is 10. The van der Waals surface area contributed by atoms with Crippen LogP contribution in [0.15, 0.2) is 48.8 Å². The molecule has 3 aromatic rings. The highest BCUT2D eigenvalue weighted by Gasteiger charge is 2.29. The van der Waals surface area contributed by atoms with Gasteiger partial charge in [0, 0.05) is 0 Å². The summed E-state index contributed by atoms with van der Waals surface area (Å²) < 4.78 is 43.2. The van der Waals surface area contributed by atoms with E-state index in [9.17, 15) is 27.9 Å². The molecule has 12 heteroatoms. The maximum Gasteiger partial charge on any atom is 0.422 e. The lowest BCUT2D eigenvalue weighted by Gasteiger charge is -2.19. The Morgan fingerprint density at radius 1 is 1.08 bits per heavy atom. The number of halogens is 3. The molecule has 0 aliphatic heterocycles. The minimum Gasteiger partial charge on any atom is -0.548 e. The number of carbonyl (C=O) groups is 2. The molecule has 0 radical (unpaired) electrons. The zero-order chi connectivity index (χ0) is 28.1. The molecule has 2 aromatic heterocycles. The van der Waals surface area contributed by atoms with Crippen LogP contribution in [0.2, 0.25) is 0 Å². The number of amides is 1. The van der Waals surface area contributed by atoms with Crippen LogP contribution in [0.1, 0.15) is 68.7 Å². The number of nitrogens with zero attached hydrogens (tertiary/aromatic N) is 4. The first-order valence-corrected chi connectivity index (χ1v) is 11.9. The van der Waals surface area contributed by atoms with Gasteiger partial charge in [-0.1, -0.05) is 57.2 Å². The molecular formula is C26H29F3N5O4-. The topological polar surface area (TPSA) is 122 Å². The number of nitrogens with one attached hydrogen (secondary N) is 1. The first-order valence-electron chi connectivity index (χ1n) is 11.9. The van der Waals surface area contributed by atoms with Crippen molar-refractivity contribution < 1.29 is 32.6 Å². The van der Waals surface area contributed by atoms with Crippen LogP contribution in [0.5, 0.6) is 5.75 Å². The number of aromatic nitrogens is 4. The molecule has 0 aliphatic rings. The number of ether oxygens (including phenoxy) is 1. The monoisotopic (exact) mass is 532 g/mol. The summed E-state index contributed by atoms with van der Waals surface area (Å²) in [6.07, 6.45) is -1.81. The van der Waals surface area contributed by atoms with E-state index in [0.29, 0.717) is 0 Å². The molecule has 0 saturated heterocycles. The third-order valence-electron chi connectivity index (χ3n) is 5.75. The van der Waals surface area contributed by atoms with E-state index in [1.54, 1.807) is 6.92 Å². The van der Waals surface area contributed by atoms with Gasteiger partial charge in [-0.15, -0.1) is 5.10 Å². The van der Waals surface area contributed by atoms with Crippen LogP contribution in [0.4, 0.5) is 13.2 Å². The molecule has 1 aromatic carbocycles. The molecule has 38 heavy (non-hydrogen) atoms. The normalized spacial score (nSPS) is 13.6. The first-order chi connectivity index (χ1) is 17.8. The summed E-state index contributed by atoms with van der Waals surface area (Å²) in [5, 5.41) is 22.1. The number of benzene rings is 1. The fourth-order valence-corrected chi connectivity index (χ4v) is 3.67. The van der Waals surface area contributed by atoms with Gasteiger partial charge in [-0.25, -0.2) is 4.68 Å². The van der Waals surface area contributed by atoms with Crippen molar-refractivity contribution in [2.24, 2.45) is 0 Å². The second-order valence-corrected chi connectivity index (χ2v) is 9.81. The summed E-state index contributed by atoms with van der Waals surface area (Å²) in [5.74, 6) is -1.83. The fraction of sp³-hybridized carbons (Fsp3) is 0.423. The maximum absolute atomic E-state index is 13.0. The Hall–Kier alpha value is -3.96. The fourth-order valence-electron chi connectivity index (χ4n) is 3.67. The molecule has 0 saturated carbocycles. The molecule has 1 N–H and O–H groups in total. The van der Waals surface area contributed by atoms with E-state index >= 15 is 0 Å². The summed E-state index contributed by atoms with van der Waals surface area (Å²) in [5.41, 5.74) is 2.28. The van der Waals surface area contributed by atoms with Crippen molar-refractivity contribution in [1.82, 2.24) is 25.3 Å². The van der Waals surface area contributed by atoms with E-state index in [0.717, 1.165) is 22.0 Å². The SMILES string of the molecule is CCC(C(=O)[O-])n1cc([C@H](NC(=O)Cc2ccc(C(C)(C)C)cc2)c2ccc(OCC(F)(F)F)cn2)nn1. The van der Waals surface area contributed by atoms with Crippen LogP contribution in [-0.4, -0.2) is 44.6 Å². The molecule has 2 atom stereocenters. The summed E-state index contributed by atoms with van der Waals surface area (Å²) in [7, 11) is 0. The number of carbonyl (C=O) groups excluding carboxylic acids is 2. The number of carboxylic acid groups (broad SMARTS) is 1. The summed E-state index contributed by atoms with van der Waals surface area (Å²) in [4.78, 5) is 28.6. The quantitative estimate of drug-likeness (QED) is 0.426. The Morgan fingerprint density at radius 3 is 2.29 bits per heavy atom. The van der Waals surface area contributed by atoms with E-state index in [2.05, 4.69) is 41.4 Å². The molecule has 3 rings (SSSR count). The van der Waals surface area contributed by atoms with Crippen molar-refractivity contribution in [3.05, 3.63) is 71.3 Å². The van der Waals surface area contributed by atoms with Gasteiger partial charge in [0.05, 0.1) is 36.5 Å². The Bertz CT molecular complexity index is 1240. The molecule has 9 nitrogen and oxygen atoms in total. The van der Waals surface area contributed by atoms with E-state index in [-0.39, 0.29) is 41.3 Å². The highest BCUT2D eigenvalue weighted by atomic mass is 19.4. The molecule has 1 unspecified atom stereocenters. The largest absolute Gasteiger partial charge is 0.548 e. The van der Waals surface area contributed by atoms with E-state index < -0.39 is 30.8 Å². The molecule has 0 fully saturated rings. The van der Waals surface area contributed by atoms with Crippen LogP contribution in [-0.2, 0) is 21.4 Å². The maximum atomic E-state index is 13.0. The number of pyridine rings is 1. The van der Waals surface area contributed by atoms with Crippen molar-refractivity contribution in [2.45, 2.75) is 64.2 Å². The molecule has 0 bridgehead atoms. The Labute approximate surface area is 218 Å². The predicted molar refractivity (Wildman–Crippen MR) is 129 cm³/mol. The van der Waals surface area contributed by atoms with Gasteiger partial charge in [0.1, 0.15) is 17.5 Å². The van der Waals surface area contributed by atoms with Gasteiger partial charge in [-0.05, 0) is 35.1 Å². The van der Waals surface area contributed by atoms with E-state index in [4.69, 9.17) is 4.74 Å². The van der Waals surface area contributed by atoms with Crippen molar-refractivity contribution in [2.75, 3.05) is 6.61 Å². The number of hydrogen-bond acceptors (Lipinski definition) is 7. The van der Waals surface area contributed by atoms with Crippen LogP contribution >= 0.6 is 0 Å². The van der Waals surface area contributed by atoms with Crippen molar-refractivity contribution >= 4 is 11.9 Å². The van der Waals surface area contributed by atoms with Crippen LogP contribution in [0, 0.1) is 0 Å². The van der Waals surface area contributed by atoms with Gasteiger partial charge < -0.3 is 20.0 Å². The molecule has 0 spiro atoms. The molecule has 0 aliphatic carbocycles. The second-order valence-electron chi connectivity index (χ2n) is 9.81. The van der Waals surface area contributed by atoms with Gasteiger partial charge in [0.15, 0.2) is 6.61 Å². The second kappa shape index (κ2) is 11.6. The lowest BCUT2D eigenvalue weighted by Crippen LogP contribution is -2.33. The number of aliphatic carboxylic acids is 1. The zero-order valence-electron chi connectivity index (χ0n) is 21.5. The van der Waals surface area contributed by atoms with Crippen molar-refractivity contribution in [3.8, 4) is 5.75 Å². The van der Waals surface area contributed by atoms with Gasteiger partial charge in [0.25, 0.3) is 0 Å². The number of hydrogen-bond donors (Lipinski definition) is 1. The summed E-state index contributed by atoms with van der Waals surface area (Å²) >= 11 is 0. The Balaban J connectivity index is 1.84. The lowest BCUT2D eigenvalue weighted by molar-refractivity contribution is -0.310. The van der Waals surface area contributed by atoms with Crippen LogP contribution in [0.25, 0.3) is 0 Å². The van der Waals surface area contributed by atoms with Crippen LogP contribution in [0.3, 0.4) is 0 Å². The molecule has 2 heterocycles. The predicted octanol–water partition coefficient (Wildman–Crippen LogP) is 3.06. The Kier molecular flexibility index (Phi) is 8.74. The third kappa shape index (κ3) is 7.77. The minimum absolute atomic E-state index is 0.0401.